The summed E-state index contributed by atoms with van der Waals surface area (Å²) in [5.74, 6) is -1.87. The number of carbonyl (C=O) groups is 2. The van der Waals surface area contributed by atoms with Crippen LogP contribution in [0.1, 0.15) is 49.3 Å². The molecule has 0 radical (unpaired) electrons. The number of carbonyl (C=O) groups excluding carboxylic acids is 2. The highest BCUT2D eigenvalue weighted by atomic mass is 31.2. The van der Waals surface area contributed by atoms with Gasteiger partial charge in [-0.1, -0.05) is 0 Å². The van der Waals surface area contributed by atoms with Gasteiger partial charge in [0.2, 0.25) is 6.33 Å². The Bertz CT molecular complexity index is 2300. The molecule has 5 rings (SSSR count). The van der Waals surface area contributed by atoms with Gasteiger partial charge in [-0.05, 0) is 13.8 Å². The van der Waals surface area contributed by atoms with E-state index in [4.69, 9.17) is 37.8 Å². The number of halogens is 4. The van der Waals surface area contributed by atoms with Crippen LogP contribution in [-0.2, 0) is 60.3 Å². The molecule has 0 spiro atoms. The van der Waals surface area contributed by atoms with E-state index in [2.05, 4.69) is 9.97 Å². The first kappa shape index (κ1) is 47.5. The molecular weight excluding hydrogens is 840 g/mol. The Kier molecular flexibility index (Phi) is 16.5. The van der Waals surface area contributed by atoms with Gasteiger partial charge < -0.3 is 41.3 Å². The van der Waals surface area contributed by atoms with Crippen molar-refractivity contribution >= 4 is 27.0 Å². The van der Waals surface area contributed by atoms with Gasteiger partial charge >= 0.3 is 38.4 Å². The topological polar surface area (TPSA) is 278 Å². The van der Waals surface area contributed by atoms with Crippen LogP contribution >= 0.6 is 7.82 Å². The highest BCUT2D eigenvalue weighted by Gasteiger charge is 2.45. The summed E-state index contributed by atoms with van der Waals surface area (Å²) >= 11 is 0. The monoisotopic (exact) mass is 881 g/mol. The molecule has 330 valence electrons. The van der Waals surface area contributed by atoms with Crippen molar-refractivity contribution in [3.05, 3.63) is 83.9 Å². The minimum absolute atomic E-state index is 0.0212. The first-order valence-corrected chi connectivity index (χ1v) is 19.4. The van der Waals surface area contributed by atoms with Crippen LogP contribution in [0.4, 0.5) is 17.3 Å². The lowest BCUT2D eigenvalue weighted by Crippen LogP contribution is -2.33. The van der Waals surface area contributed by atoms with E-state index >= 15 is 0 Å². The van der Waals surface area contributed by atoms with Crippen molar-refractivity contribution in [1.29, 1.82) is 5.26 Å². The number of nitriles is 1. The van der Waals surface area contributed by atoms with Crippen LogP contribution in [0.15, 0.2) is 50.3 Å². The second kappa shape index (κ2) is 20.8. The predicted molar refractivity (Wildman–Crippen MR) is 192 cm³/mol. The Balaban J connectivity index is 0.00000150. The van der Waals surface area contributed by atoms with E-state index < -0.39 is 113 Å². The van der Waals surface area contributed by atoms with E-state index in [1.807, 2.05) is 13.1 Å². The summed E-state index contributed by atoms with van der Waals surface area (Å²) in [6.45, 7) is 1.52. The van der Waals surface area contributed by atoms with Crippen molar-refractivity contribution < 1.29 is 73.6 Å². The van der Waals surface area contributed by atoms with Gasteiger partial charge in [-0.25, -0.2) is 23.3 Å². The van der Waals surface area contributed by atoms with Crippen LogP contribution in [0.3, 0.4) is 0 Å². The summed E-state index contributed by atoms with van der Waals surface area (Å²) in [4.78, 5) is 78.8. The number of aromatic amines is 2. The Morgan fingerprint density at radius 3 is 2.05 bits per heavy atom. The Morgan fingerprint density at radius 1 is 0.950 bits per heavy atom. The number of nitrogens with one attached hydrogen (secondary N) is 2. The van der Waals surface area contributed by atoms with Gasteiger partial charge in [-0.15, -0.1) is 0 Å². The lowest BCUT2D eigenvalue weighted by Gasteiger charge is -2.25. The molecule has 2 aliphatic heterocycles. The number of hydrogen-bond acceptors (Lipinski definition) is 16. The molecular formula is C32H41BF4N7O15P. The number of esters is 2. The van der Waals surface area contributed by atoms with Crippen LogP contribution in [0.2, 0.25) is 0 Å². The normalized spacial score (nSPS) is 22.3. The van der Waals surface area contributed by atoms with Crippen molar-refractivity contribution in [2.45, 2.75) is 82.9 Å². The minimum Gasteiger partial charge on any atom is -0.461 e. The SMILES string of the molecule is Cc1cn([C@H]2C[C@H](OC(=O)CC(=O)OCCn3cc[n+](C)c3)[C@@H](COP(=O)(OCCC#N)O[C@H]3C[C@H](n4cc(C)c(=O)[nH]c4=O)O[C@@H]3CO)O2)c(=O)[nH]c1=O.F[B-](F)(F)F. The number of aromatic nitrogens is 6. The van der Waals surface area contributed by atoms with E-state index in [1.54, 1.807) is 27.9 Å². The molecule has 2 fully saturated rings. The van der Waals surface area contributed by atoms with Crippen LogP contribution < -0.4 is 27.1 Å². The minimum atomic E-state index is -6.00. The number of hydrogen-bond donors (Lipinski definition) is 3. The predicted octanol–water partition coefficient (Wildman–Crippen LogP) is 0.182. The summed E-state index contributed by atoms with van der Waals surface area (Å²) in [5, 5.41) is 19.1. The van der Waals surface area contributed by atoms with Gasteiger partial charge in [0.25, 0.3) is 11.1 Å². The zero-order valence-electron chi connectivity index (χ0n) is 32.1. The van der Waals surface area contributed by atoms with Crippen LogP contribution in [0.5, 0.6) is 0 Å². The molecule has 7 atom stereocenters. The number of rotatable bonds is 17. The Hall–Kier alpha value is -5.23. The first-order valence-electron chi connectivity index (χ1n) is 17.9. The fourth-order valence-corrected chi connectivity index (χ4v) is 7.20. The number of H-pyrrole nitrogens is 2. The van der Waals surface area contributed by atoms with Crippen molar-refractivity contribution in [1.82, 2.24) is 23.7 Å². The highest BCUT2D eigenvalue weighted by molar-refractivity contribution is 7.48. The van der Waals surface area contributed by atoms with Gasteiger partial charge in [0.15, 0.2) is 0 Å². The van der Waals surface area contributed by atoms with Gasteiger partial charge in [0.1, 0.15) is 68.8 Å². The molecule has 60 heavy (non-hydrogen) atoms. The summed E-state index contributed by atoms with van der Waals surface area (Å²) in [6.07, 6.45) is -0.521. The molecule has 1 unspecified atom stereocenters. The zero-order valence-corrected chi connectivity index (χ0v) is 33.0. The summed E-state index contributed by atoms with van der Waals surface area (Å²) in [6, 6.07) is 1.83. The summed E-state index contributed by atoms with van der Waals surface area (Å²) in [5.41, 5.74) is -2.49. The second-order valence-electron chi connectivity index (χ2n) is 13.2. The number of nitrogens with zero attached hydrogens (tertiary/aromatic N) is 5. The van der Waals surface area contributed by atoms with Crippen molar-refractivity contribution in [2.75, 3.05) is 26.4 Å². The molecule has 0 aromatic carbocycles. The number of phosphoric ester groups is 1. The van der Waals surface area contributed by atoms with Gasteiger partial charge in [-0.2, -0.15) is 5.26 Å². The average molecular weight is 881 g/mol. The quantitative estimate of drug-likeness (QED) is 0.0310. The number of aliphatic hydroxyl groups is 1. The lowest BCUT2D eigenvalue weighted by atomic mass is 10.2. The maximum atomic E-state index is 14.1. The Morgan fingerprint density at radius 2 is 1.52 bits per heavy atom. The van der Waals surface area contributed by atoms with Crippen LogP contribution in [0.25, 0.3) is 0 Å². The third-order valence-electron chi connectivity index (χ3n) is 8.59. The summed E-state index contributed by atoms with van der Waals surface area (Å²) in [7, 11) is -8.86. The number of aryl methyl sites for hydroxylation is 3. The van der Waals surface area contributed by atoms with E-state index in [1.165, 1.54) is 26.2 Å². The van der Waals surface area contributed by atoms with Crippen LogP contribution in [0, 0.1) is 25.2 Å². The number of phosphoric acid groups is 1. The van der Waals surface area contributed by atoms with E-state index in [-0.39, 0.29) is 37.0 Å². The fourth-order valence-electron chi connectivity index (χ4n) is 5.80. The van der Waals surface area contributed by atoms with Gasteiger partial charge in [-0.3, -0.25) is 51.9 Å². The van der Waals surface area contributed by atoms with Crippen molar-refractivity contribution in [3.63, 3.8) is 0 Å². The third-order valence-corrected chi connectivity index (χ3v) is 10.1. The molecule has 0 amide bonds. The van der Waals surface area contributed by atoms with Crippen molar-refractivity contribution in [3.8, 4) is 6.07 Å². The zero-order chi connectivity index (χ0) is 44.4. The largest absolute Gasteiger partial charge is 0.673 e. The molecule has 5 heterocycles. The van der Waals surface area contributed by atoms with E-state index in [0.717, 1.165) is 9.13 Å². The average Bonchev–Trinajstić information content (AvgIpc) is 3.87. The fraction of sp³-hybridized carbons (Fsp3) is 0.562. The highest BCUT2D eigenvalue weighted by Crippen LogP contribution is 2.53. The van der Waals surface area contributed by atoms with Crippen molar-refractivity contribution in [2.24, 2.45) is 7.05 Å². The van der Waals surface area contributed by atoms with Gasteiger partial charge in [0.05, 0.1) is 39.4 Å². The molecule has 3 aromatic heterocycles. The van der Waals surface area contributed by atoms with Gasteiger partial charge in [0, 0.05) is 36.4 Å². The third kappa shape index (κ3) is 13.9. The second-order valence-corrected chi connectivity index (χ2v) is 14.9. The van der Waals surface area contributed by atoms with E-state index in [0.29, 0.717) is 6.54 Å². The maximum Gasteiger partial charge on any atom is 0.673 e. The number of aliphatic hydroxyl groups excluding tert-OH is 1. The maximum absolute atomic E-state index is 14.1. The number of ether oxygens (including phenoxy) is 4. The number of imidazole rings is 1. The molecule has 0 bridgehead atoms. The smallest absolute Gasteiger partial charge is 0.461 e. The molecule has 2 saturated heterocycles. The molecule has 3 N–H and O–H groups in total. The molecule has 28 heteroatoms. The summed E-state index contributed by atoms with van der Waals surface area (Å²) < 4.78 is 98.1. The molecule has 22 nitrogen and oxygen atoms in total. The Labute approximate surface area is 335 Å². The molecule has 0 saturated carbocycles. The molecule has 0 aliphatic carbocycles. The first-order chi connectivity index (χ1) is 28.2. The van der Waals surface area contributed by atoms with E-state index in [9.17, 15) is 55.7 Å². The molecule has 3 aromatic rings. The van der Waals surface area contributed by atoms with Crippen LogP contribution in [-0.4, -0.2) is 98.8 Å². The lowest BCUT2D eigenvalue weighted by molar-refractivity contribution is -0.671. The standard InChI is InChI=1S/C32H40N7O15P.BF4/c1-19-14-38(31(45)34-29(19)43)25-11-21(53-28(42)13-27(41)48-10-8-37-7-6-36(3)18-37)24(52-25)17-50-55(47,49-9-4-5-33)54-22-12-26(51-23(22)16-40)39-15-20(2)30(44)35-32(39)46;2-1(3,4)5/h6-7,14-15,18,21-26,40H,4,8-13,16-17H2,1-3H3,(H-,34,35,43,44,45,46);/q;-1/p+1/t21-,22-,23+,24+,25+,26+,55?;/m0./s1. The molecule has 2 aliphatic rings.